The SMILES string of the molecule is C=C(Nc1ccc(CCCC(=O)Oc2ccc(C(=O)OCCC)cc2)cc1C(=C)N(C)C)c1ccccc1/C(C)=C/C=C(\C)C(C)F. The van der Waals surface area contributed by atoms with Crippen LogP contribution in [0.15, 0.2) is 97.6 Å². The lowest BCUT2D eigenvalue weighted by atomic mass is 9.97. The van der Waals surface area contributed by atoms with Crippen molar-refractivity contribution in [2.45, 2.75) is 59.5 Å². The minimum absolute atomic E-state index is 0.240. The van der Waals surface area contributed by atoms with E-state index >= 15 is 0 Å². The van der Waals surface area contributed by atoms with Crippen molar-refractivity contribution in [3.05, 3.63) is 125 Å². The lowest BCUT2D eigenvalue weighted by Gasteiger charge is -2.22. The summed E-state index contributed by atoms with van der Waals surface area (Å²) in [5, 5.41) is 3.50. The summed E-state index contributed by atoms with van der Waals surface area (Å²) in [6.07, 6.45) is 5.01. The van der Waals surface area contributed by atoms with Gasteiger partial charge < -0.3 is 19.7 Å². The van der Waals surface area contributed by atoms with Crippen LogP contribution in [0, 0.1) is 0 Å². The first-order valence-electron chi connectivity index (χ1n) is 15.9. The maximum Gasteiger partial charge on any atom is 0.338 e. The number of rotatable bonds is 16. The Balaban J connectivity index is 1.69. The molecule has 0 spiro atoms. The minimum atomic E-state index is -1.00. The molecule has 3 aromatic carbocycles. The number of nitrogens with one attached hydrogen (secondary N) is 1. The van der Waals surface area contributed by atoms with Crippen molar-refractivity contribution < 1.29 is 23.5 Å². The second-order valence-corrected chi connectivity index (χ2v) is 11.7. The van der Waals surface area contributed by atoms with Crippen LogP contribution in [0.4, 0.5) is 10.1 Å². The zero-order valence-electron chi connectivity index (χ0n) is 28.5. The molecule has 1 N–H and O–H groups in total. The lowest BCUT2D eigenvalue weighted by Crippen LogP contribution is -2.12. The number of anilines is 1. The van der Waals surface area contributed by atoms with Gasteiger partial charge in [0.2, 0.25) is 0 Å². The summed E-state index contributed by atoms with van der Waals surface area (Å²) in [4.78, 5) is 26.5. The molecule has 0 bridgehead atoms. The first-order chi connectivity index (χ1) is 22.4. The summed E-state index contributed by atoms with van der Waals surface area (Å²) >= 11 is 0. The van der Waals surface area contributed by atoms with Crippen LogP contribution in [-0.4, -0.2) is 43.7 Å². The minimum Gasteiger partial charge on any atom is -0.462 e. The van der Waals surface area contributed by atoms with Crippen molar-refractivity contribution in [3.63, 3.8) is 0 Å². The van der Waals surface area contributed by atoms with Gasteiger partial charge in [-0.05, 0) is 98.7 Å². The molecule has 6 nitrogen and oxygen atoms in total. The molecule has 0 heterocycles. The smallest absolute Gasteiger partial charge is 0.338 e. The number of carbonyl (C=O) groups excluding carboxylic acids is 2. The highest BCUT2D eigenvalue weighted by Crippen LogP contribution is 2.31. The number of hydrogen-bond donors (Lipinski definition) is 1. The van der Waals surface area contributed by atoms with Gasteiger partial charge in [0, 0.05) is 48.7 Å². The number of carbonyl (C=O) groups is 2. The average molecular weight is 639 g/mol. The molecular formula is C40H47FN2O4. The quantitative estimate of drug-likeness (QED) is 0.0958. The highest BCUT2D eigenvalue weighted by molar-refractivity contribution is 5.90. The van der Waals surface area contributed by atoms with Crippen LogP contribution in [-0.2, 0) is 16.0 Å². The van der Waals surface area contributed by atoms with Crippen LogP contribution in [0.2, 0.25) is 0 Å². The average Bonchev–Trinajstić information content (AvgIpc) is 3.06. The topological polar surface area (TPSA) is 67.9 Å². The molecule has 0 amide bonds. The van der Waals surface area contributed by atoms with Gasteiger partial charge in [-0.25, -0.2) is 9.18 Å². The summed E-state index contributed by atoms with van der Waals surface area (Å²) in [5.41, 5.74) is 8.42. The molecule has 248 valence electrons. The predicted molar refractivity (Wildman–Crippen MR) is 192 cm³/mol. The largest absolute Gasteiger partial charge is 0.462 e. The molecule has 0 aliphatic heterocycles. The van der Waals surface area contributed by atoms with Gasteiger partial charge in [-0.1, -0.05) is 62.6 Å². The van der Waals surface area contributed by atoms with Crippen molar-refractivity contribution in [1.29, 1.82) is 0 Å². The molecule has 0 aliphatic carbocycles. The molecular weight excluding hydrogens is 591 g/mol. The van der Waals surface area contributed by atoms with Crippen LogP contribution in [0.1, 0.15) is 79.6 Å². The molecule has 0 radical (unpaired) electrons. The summed E-state index contributed by atoms with van der Waals surface area (Å²) in [5.74, 6) is -0.352. The maximum absolute atomic E-state index is 13.7. The summed E-state index contributed by atoms with van der Waals surface area (Å²) in [6, 6.07) is 20.5. The van der Waals surface area contributed by atoms with Crippen LogP contribution in [0.5, 0.6) is 5.75 Å². The van der Waals surface area contributed by atoms with Gasteiger partial charge in [-0.15, -0.1) is 0 Å². The molecule has 47 heavy (non-hydrogen) atoms. The fourth-order valence-electron chi connectivity index (χ4n) is 4.69. The van der Waals surface area contributed by atoms with Gasteiger partial charge in [-0.2, -0.15) is 0 Å². The van der Waals surface area contributed by atoms with E-state index in [4.69, 9.17) is 9.47 Å². The van der Waals surface area contributed by atoms with E-state index in [9.17, 15) is 14.0 Å². The Morgan fingerprint density at radius 1 is 0.957 bits per heavy atom. The Morgan fingerprint density at radius 3 is 2.28 bits per heavy atom. The van der Waals surface area contributed by atoms with E-state index in [0.717, 1.165) is 51.3 Å². The fraction of sp³-hybridized carbons (Fsp3) is 0.300. The van der Waals surface area contributed by atoms with Crippen molar-refractivity contribution >= 4 is 34.6 Å². The first kappa shape index (κ1) is 36.6. The Kier molecular flexibility index (Phi) is 13.8. The monoisotopic (exact) mass is 638 g/mol. The van der Waals surface area contributed by atoms with Crippen LogP contribution in [0.3, 0.4) is 0 Å². The summed E-state index contributed by atoms with van der Waals surface area (Å²) in [7, 11) is 3.89. The normalized spacial score (nSPS) is 12.2. The maximum atomic E-state index is 13.7. The molecule has 0 aliphatic rings. The van der Waals surface area contributed by atoms with Gasteiger partial charge >= 0.3 is 11.9 Å². The van der Waals surface area contributed by atoms with E-state index in [2.05, 4.69) is 24.5 Å². The van der Waals surface area contributed by atoms with Crippen LogP contribution < -0.4 is 10.1 Å². The molecule has 0 fully saturated rings. The zero-order chi connectivity index (χ0) is 34.5. The molecule has 3 aromatic rings. The number of benzene rings is 3. The van der Waals surface area contributed by atoms with Gasteiger partial charge in [-0.3, -0.25) is 4.79 Å². The second kappa shape index (κ2) is 17.7. The molecule has 0 aromatic heterocycles. The van der Waals surface area contributed by atoms with Gasteiger partial charge in [0.1, 0.15) is 11.9 Å². The Bertz CT molecular complexity index is 1630. The summed E-state index contributed by atoms with van der Waals surface area (Å²) in [6.45, 7) is 16.3. The van der Waals surface area contributed by atoms with Crippen molar-refractivity contribution in [2.75, 3.05) is 26.0 Å². The second-order valence-electron chi connectivity index (χ2n) is 11.7. The number of nitrogens with zero attached hydrogens (tertiary/aromatic N) is 1. The number of aryl methyl sites for hydroxylation is 1. The fourth-order valence-corrected chi connectivity index (χ4v) is 4.69. The molecule has 1 atom stereocenters. The molecule has 3 rings (SSSR count). The summed E-state index contributed by atoms with van der Waals surface area (Å²) < 4.78 is 24.3. The third kappa shape index (κ3) is 10.8. The van der Waals surface area contributed by atoms with E-state index in [1.165, 1.54) is 6.92 Å². The van der Waals surface area contributed by atoms with Crippen molar-refractivity contribution in [2.24, 2.45) is 0 Å². The molecule has 7 heteroatoms. The first-order valence-corrected chi connectivity index (χ1v) is 15.9. The lowest BCUT2D eigenvalue weighted by molar-refractivity contribution is -0.134. The third-order valence-electron chi connectivity index (χ3n) is 7.73. The Labute approximate surface area is 279 Å². The van der Waals surface area contributed by atoms with E-state index < -0.39 is 12.1 Å². The van der Waals surface area contributed by atoms with Crippen LogP contribution in [0.25, 0.3) is 17.0 Å². The van der Waals surface area contributed by atoms with E-state index in [1.54, 1.807) is 31.2 Å². The Hall–Kier alpha value is -4.91. The van der Waals surface area contributed by atoms with Gasteiger partial charge in [0.25, 0.3) is 0 Å². The standard InChI is InChI=1S/C40H47FN2O4/c1-9-25-46-40(45)33-20-22-34(23-21-33)47-39(44)16-12-13-32-19-24-38(37(26-32)31(6)43(7)8)42-30(5)36-15-11-10-14-35(36)28(3)18-17-27(2)29(4)41/h10-11,14-15,17-24,26,29,42H,5-6,9,12-13,16,25H2,1-4,7-8H3/b27-17+,28-18+. The number of hydrogen-bond acceptors (Lipinski definition) is 6. The van der Waals surface area contributed by atoms with Crippen LogP contribution >= 0.6 is 0 Å². The third-order valence-corrected chi connectivity index (χ3v) is 7.73. The van der Waals surface area contributed by atoms with Gasteiger partial charge in [0.05, 0.1) is 12.2 Å². The zero-order valence-corrected chi connectivity index (χ0v) is 28.5. The number of ether oxygens (including phenoxy) is 2. The molecule has 0 saturated carbocycles. The number of alkyl halides is 1. The highest BCUT2D eigenvalue weighted by atomic mass is 19.1. The van der Waals surface area contributed by atoms with E-state index in [-0.39, 0.29) is 12.4 Å². The predicted octanol–water partition coefficient (Wildman–Crippen LogP) is 9.50. The highest BCUT2D eigenvalue weighted by Gasteiger charge is 2.14. The number of halogens is 1. The van der Waals surface area contributed by atoms with E-state index in [0.29, 0.717) is 36.3 Å². The number of allylic oxidation sites excluding steroid dienone is 4. The van der Waals surface area contributed by atoms with Crippen molar-refractivity contribution in [1.82, 2.24) is 4.90 Å². The Morgan fingerprint density at radius 2 is 1.64 bits per heavy atom. The molecule has 0 saturated heterocycles. The van der Waals surface area contributed by atoms with Crippen molar-refractivity contribution in [3.8, 4) is 5.75 Å². The molecule has 1 unspecified atom stereocenters. The van der Waals surface area contributed by atoms with E-state index in [1.807, 2.05) is 81.4 Å². The number of esters is 2. The van der Waals surface area contributed by atoms with Gasteiger partial charge in [0.15, 0.2) is 0 Å².